The third kappa shape index (κ3) is 4.59. The van der Waals surface area contributed by atoms with Gasteiger partial charge in [0.1, 0.15) is 0 Å². The van der Waals surface area contributed by atoms with Gasteiger partial charge >= 0.3 is 0 Å². The van der Waals surface area contributed by atoms with Gasteiger partial charge in [0.15, 0.2) is 5.13 Å². The lowest BCUT2D eigenvalue weighted by Gasteiger charge is -2.22. The minimum absolute atomic E-state index is 0.0245. The molecule has 0 unspecified atom stereocenters. The molecule has 2 N–H and O–H groups in total. The monoisotopic (exact) mass is 337 g/mol. The predicted octanol–water partition coefficient (Wildman–Crippen LogP) is 3.54. The summed E-state index contributed by atoms with van der Waals surface area (Å²) in [4.78, 5) is 19.3. The van der Waals surface area contributed by atoms with Crippen LogP contribution in [0, 0.1) is 0 Å². The molecule has 2 aliphatic rings. The third-order valence-electron chi connectivity index (χ3n) is 4.88. The molecule has 0 bridgehead atoms. The number of carbonyl (C=O) groups excluding carboxylic acids is 1. The number of likely N-dealkylation sites (tertiary alicyclic amines) is 1. The fourth-order valence-electron chi connectivity index (χ4n) is 3.51. The molecule has 0 spiro atoms. The van der Waals surface area contributed by atoms with Crippen molar-refractivity contribution in [2.75, 3.05) is 18.4 Å². The van der Waals surface area contributed by atoms with Crippen LogP contribution in [-0.2, 0) is 11.2 Å². The zero-order valence-electron chi connectivity index (χ0n) is 13.7. The first-order valence-corrected chi connectivity index (χ1v) is 9.77. The number of thiazole rings is 1. The summed E-state index contributed by atoms with van der Waals surface area (Å²) in [6.45, 7) is 1.71. The molecular weight excluding hydrogens is 310 g/mol. The molecular formula is C17H27N3O2S. The topological polar surface area (TPSA) is 65.5 Å². The number of hydrogen-bond donors (Lipinski definition) is 2. The van der Waals surface area contributed by atoms with Gasteiger partial charge in [0.25, 0.3) is 0 Å². The van der Waals surface area contributed by atoms with E-state index in [1.165, 1.54) is 56.3 Å². The minimum atomic E-state index is 0.0245. The largest absolute Gasteiger partial charge is 0.492 e. The fraction of sp³-hybridized carbons (Fsp3) is 0.765. The molecule has 1 aromatic heterocycles. The first-order valence-electron chi connectivity index (χ1n) is 8.95. The van der Waals surface area contributed by atoms with Crippen molar-refractivity contribution < 1.29 is 9.90 Å². The molecule has 1 saturated carbocycles. The van der Waals surface area contributed by atoms with Crippen LogP contribution in [-0.4, -0.2) is 40.0 Å². The number of hydrogen-bond acceptors (Lipinski definition) is 5. The van der Waals surface area contributed by atoms with Gasteiger partial charge in [0.05, 0.1) is 11.3 Å². The van der Waals surface area contributed by atoms with Crippen molar-refractivity contribution in [2.45, 2.75) is 70.3 Å². The second-order valence-electron chi connectivity index (χ2n) is 6.72. The SMILES string of the molecule is O=C(Cc1sc(NC2CCCCC2)nc1O)N1CCCCCC1. The molecule has 1 aliphatic carbocycles. The van der Waals surface area contributed by atoms with E-state index in [4.69, 9.17) is 0 Å². The number of aromatic nitrogens is 1. The number of anilines is 1. The Bertz CT molecular complexity index is 518. The van der Waals surface area contributed by atoms with Gasteiger partial charge in [0, 0.05) is 19.1 Å². The van der Waals surface area contributed by atoms with E-state index in [1.807, 2.05) is 4.90 Å². The van der Waals surface area contributed by atoms with E-state index < -0.39 is 0 Å². The smallest absolute Gasteiger partial charge is 0.228 e. The van der Waals surface area contributed by atoms with Gasteiger partial charge < -0.3 is 15.3 Å². The van der Waals surface area contributed by atoms with Crippen LogP contribution in [0.15, 0.2) is 0 Å². The Labute approximate surface area is 142 Å². The molecule has 2 fully saturated rings. The van der Waals surface area contributed by atoms with E-state index in [0.717, 1.165) is 31.1 Å². The number of carbonyl (C=O) groups is 1. The summed E-state index contributed by atoms with van der Waals surface area (Å²) in [6.07, 6.45) is 11.1. The maximum atomic E-state index is 12.4. The molecule has 0 aromatic carbocycles. The molecule has 1 amide bonds. The number of nitrogens with zero attached hydrogens (tertiary/aromatic N) is 2. The van der Waals surface area contributed by atoms with Gasteiger partial charge in [-0.05, 0) is 25.7 Å². The van der Waals surface area contributed by atoms with Crippen molar-refractivity contribution in [2.24, 2.45) is 0 Å². The number of amides is 1. The molecule has 128 valence electrons. The van der Waals surface area contributed by atoms with Crippen LogP contribution in [0.3, 0.4) is 0 Å². The van der Waals surface area contributed by atoms with E-state index in [0.29, 0.717) is 10.9 Å². The highest BCUT2D eigenvalue weighted by Crippen LogP contribution is 2.31. The second kappa shape index (κ2) is 7.99. The van der Waals surface area contributed by atoms with Crippen LogP contribution >= 0.6 is 11.3 Å². The van der Waals surface area contributed by atoms with Crippen LogP contribution in [0.25, 0.3) is 0 Å². The molecule has 6 heteroatoms. The van der Waals surface area contributed by atoms with Crippen molar-refractivity contribution in [1.82, 2.24) is 9.88 Å². The standard InChI is InChI=1S/C17H27N3O2S/c21-15(20-10-6-1-2-7-11-20)12-14-16(22)19-17(23-14)18-13-8-4-3-5-9-13/h13,22H,1-12H2,(H,18,19). The minimum Gasteiger partial charge on any atom is -0.492 e. The molecule has 1 aliphatic heterocycles. The summed E-state index contributed by atoms with van der Waals surface area (Å²) in [5.74, 6) is 0.145. The molecule has 3 rings (SSSR count). The van der Waals surface area contributed by atoms with Crippen molar-refractivity contribution in [3.8, 4) is 5.88 Å². The molecule has 0 atom stereocenters. The van der Waals surface area contributed by atoms with Gasteiger partial charge in [-0.2, -0.15) is 4.98 Å². The van der Waals surface area contributed by atoms with E-state index in [9.17, 15) is 9.90 Å². The van der Waals surface area contributed by atoms with Crippen LogP contribution in [0.1, 0.15) is 62.7 Å². The Morgan fingerprint density at radius 2 is 1.78 bits per heavy atom. The highest BCUT2D eigenvalue weighted by atomic mass is 32.1. The zero-order chi connectivity index (χ0) is 16.1. The number of rotatable bonds is 4. The molecule has 5 nitrogen and oxygen atoms in total. The molecule has 0 radical (unpaired) electrons. The van der Waals surface area contributed by atoms with Crippen LogP contribution < -0.4 is 5.32 Å². The summed E-state index contributed by atoms with van der Waals surface area (Å²) in [6, 6.07) is 0.462. The third-order valence-corrected chi connectivity index (χ3v) is 5.86. The summed E-state index contributed by atoms with van der Waals surface area (Å²) >= 11 is 1.43. The maximum Gasteiger partial charge on any atom is 0.228 e. The highest BCUT2D eigenvalue weighted by molar-refractivity contribution is 7.16. The lowest BCUT2D eigenvalue weighted by Crippen LogP contribution is -2.32. The molecule has 23 heavy (non-hydrogen) atoms. The first kappa shape index (κ1) is 16.6. The quantitative estimate of drug-likeness (QED) is 0.882. The van der Waals surface area contributed by atoms with Crippen molar-refractivity contribution >= 4 is 22.4 Å². The normalized spacial score (nSPS) is 20.3. The lowest BCUT2D eigenvalue weighted by molar-refractivity contribution is -0.130. The van der Waals surface area contributed by atoms with Crippen LogP contribution in [0.4, 0.5) is 5.13 Å². The fourth-order valence-corrected chi connectivity index (χ4v) is 4.44. The van der Waals surface area contributed by atoms with Gasteiger partial charge in [-0.15, -0.1) is 0 Å². The average Bonchev–Trinajstić information content (AvgIpc) is 2.77. The van der Waals surface area contributed by atoms with Gasteiger partial charge in [-0.1, -0.05) is 43.4 Å². The Balaban J connectivity index is 1.57. The van der Waals surface area contributed by atoms with Crippen molar-refractivity contribution in [3.63, 3.8) is 0 Å². The highest BCUT2D eigenvalue weighted by Gasteiger charge is 2.21. The van der Waals surface area contributed by atoms with Crippen LogP contribution in [0.2, 0.25) is 0 Å². The van der Waals surface area contributed by atoms with E-state index in [2.05, 4.69) is 10.3 Å². The van der Waals surface area contributed by atoms with E-state index in [1.54, 1.807) is 0 Å². The van der Waals surface area contributed by atoms with Gasteiger partial charge in [0.2, 0.25) is 11.8 Å². The molecule has 1 saturated heterocycles. The number of aromatic hydroxyl groups is 1. The van der Waals surface area contributed by atoms with Crippen LogP contribution in [0.5, 0.6) is 5.88 Å². The summed E-state index contributed by atoms with van der Waals surface area (Å²) in [5, 5.41) is 14.2. The number of nitrogens with one attached hydrogen (secondary N) is 1. The van der Waals surface area contributed by atoms with E-state index >= 15 is 0 Å². The second-order valence-corrected chi connectivity index (χ2v) is 7.80. The van der Waals surface area contributed by atoms with Gasteiger partial charge in [-0.3, -0.25) is 4.79 Å². The molecule has 1 aromatic rings. The Kier molecular flexibility index (Phi) is 5.75. The molecule has 2 heterocycles. The zero-order valence-corrected chi connectivity index (χ0v) is 14.5. The summed E-state index contributed by atoms with van der Waals surface area (Å²) in [7, 11) is 0. The Hall–Kier alpha value is -1.30. The van der Waals surface area contributed by atoms with Gasteiger partial charge in [-0.25, -0.2) is 0 Å². The Morgan fingerprint density at radius 1 is 1.13 bits per heavy atom. The van der Waals surface area contributed by atoms with Crippen molar-refractivity contribution in [3.05, 3.63) is 4.88 Å². The average molecular weight is 337 g/mol. The summed E-state index contributed by atoms with van der Waals surface area (Å²) in [5.41, 5.74) is 0. The maximum absolute atomic E-state index is 12.4. The van der Waals surface area contributed by atoms with E-state index in [-0.39, 0.29) is 18.2 Å². The lowest BCUT2D eigenvalue weighted by atomic mass is 9.96. The Morgan fingerprint density at radius 3 is 2.48 bits per heavy atom. The predicted molar refractivity (Wildman–Crippen MR) is 93.0 cm³/mol. The first-order chi connectivity index (χ1) is 11.2. The summed E-state index contributed by atoms with van der Waals surface area (Å²) < 4.78 is 0. The van der Waals surface area contributed by atoms with Crippen molar-refractivity contribution in [1.29, 1.82) is 0 Å².